The minimum absolute atomic E-state index is 0.0359. The van der Waals surface area contributed by atoms with Gasteiger partial charge < -0.3 is 10.2 Å². The molecule has 1 aliphatic rings. The first-order valence-corrected chi connectivity index (χ1v) is 8.14. The maximum Gasteiger partial charge on any atom is 0.416 e. The van der Waals surface area contributed by atoms with E-state index in [-0.39, 0.29) is 36.5 Å². The molecule has 1 aromatic rings. The second-order valence-corrected chi connectivity index (χ2v) is 6.75. The van der Waals surface area contributed by atoms with Crippen molar-refractivity contribution >= 4 is 11.8 Å². The second-order valence-electron chi connectivity index (χ2n) is 6.75. The van der Waals surface area contributed by atoms with Crippen LogP contribution in [0.2, 0.25) is 0 Å². The van der Waals surface area contributed by atoms with E-state index in [1.165, 1.54) is 0 Å². The van der Waals surface area contributed by atoms with Gasteiger partial charge in [-0.25, -0.2) is 0 Å². The van der Waals surface area contributed by atoms with Gasteiger partial charge in [-0.3, -0.25) is 9.59 Å². The zero-order chi connectivity index (χ0) is 20.6. The highest BCUT2D eigenvalue weighted by Crippen LogP contribution is 2.36. The molecule has 0 radical (unpaired) electrons. The fourth-order valence-electron chi connectivity index (χ4n) is 2.83. The summed E-state index contributed by atoms with van der Waals surface area (Å²) in [5, 5.41) is 2.63. The summed E-state index contributed by atoms with van der Waals surface area (Å²) in [5.74, 6) is -1.56. The SMILES string of the molecule is CC(C)NC(=O)C1CC(=O)N(Cc2cc(C(F)(F)F)cc(C(F)(F)F)c2)C1. The van der Waals surface area contributed by atoms with Crippen LogP contribution in [0.15, 0.2) is 18.2 Å². The van der Waals surface area contributed by atoms with Crippen LogP contribution in [-0.4, -0.2) is 29.3 Å². The Labute approximate surface area is 151 Å². The van der Waals surface area contributed by atoms with Gasteiger partial charge in [0.1, 0.15) is 0 Å². The van der Waals surface area contributed by atoms with E-state index in [4.69, 9.17) is 0 Å². The molecule has 1 atom stereocenters. The van der Waals surface area contributed by atoms with E-state index < -0.39 is 41.8 Å². The van der Waals surface area contributed by atoms with Gasteiger partial charge in [0, 0.05) is 25.6 Å². The number of rotatable bonds is 4. The third-order valence-electron chi connectivity index (χ3n) is 4.04. The highest BCUT2D eigenvalue weighted by molar-refractivity contribution is 5.89. The normalized spacial score (nSPS) is 18.3. The largest absolute Gasteiger partial charge is 0.416 e. The molecule has 1 saturated heterocycles. The van der Waals surface area contributed by atoms with Crippen LogP contribution in [0.3, 0.4) is 0 Å². The van der Waals surface area contributed by atoms with Crippen molar-refractivity contribution in [3.8, 4) is 0 Å². The summed E-state index contributed by atoms with van der Waals surface area (Å²) in [6.07, 6.45) is -10.0. The monoisotopic (exact) mass is 396 g/mol. The summed E-state index contributed by atoms with van der Waals surface area (Å²) >= 11 is 0. The molecule has 0 bridgehead atoms. The molecule has 27 heavy (non-hydrogen) atoms. The van der Waals surface area contributed by atoms with Gasteiger partial charge in [0.05, 0.1) is 17.0 Å². The lowest BCUT2D eigenvalue weighted by molar-refractivity contribution is -0.143. The Bertz CT molecular complexity index is 695. The Morgan fingerprint density at radius 3 is 2.07 bits per heavy atom. The summed E-state index contributed by atoms with van der Waals surface area (Å²) in [5.41, 5.74) is -3.17. The lowest BCUT2D eigenvalue weighted by Crippen LogP contribution is -2.36. The number of amides is 2. The van der Waals surface area contributed by atoms with Crippen LogP contribution in [0.1, 0.15) is 37.0 Å². The predicted octanol–water partition coefficient (Wildman–Crippen LogP) is 3.60. The highest BCUT2D eigenvalue weighted by atomic mass is 19.4. The minimum atomic E-state index is -4.95. The summed E-state index contributed by atoms with van der Waals surface area (Å²) < 4.78 is 77.5. The van der Waals surface area contributed by atoms with Gasteiger partial charge >= 0.3 is 12.4 Å². The number of hydrogen-bond donors (Lipinski definition) is 1. The van der Waals surface area contributed by atoms with Crippen molar-refractivity contribution in [2.45, 2.75) is 45.2 Å². The molecule has 1 N–H and O–H groups in total. The van der Waals surface area contributed by atoms with E-state index in [1.807, 2.05) is 0 Å². The number of hydrogen-bond acceptors (Lipinski definition) is 2. The van der Waals surface area contributed by atoms with Gasteiger partial charge in [-0.15, -0.1) is 0 Å². The lowest BCUT2D eigenvalue weighted by Gasteiger charge is -2.19. The maximum atomic E-state index is 12.9. The van der Waals surface area contributed by atoms with Crippen molar-refractivity contribution in [1.29, 1.82) is 0 Å². The predicted molar refractivity (Wildman–Crippen MR) is 83.2 cm³/mol. The molecule has 1 aliphatic heterocycles. The molecular weight excluding hydrogens is 378 g/mol. The molecule has 0 saturated carbocycles. The zero-order valence-corrected chi connectivity index (χ0v) is 14.5. The molecule has 0 aromatic heterocycles. The number of nitrogens with zero attached hydrogens (tertiary/aromatic N) is 1. The quantitative estimate of drug-likeness (QED) is 0.791. The zero-order valence-electron chi connectivity index (χ0n) is 14.5. The smallest absolute Gasteiger partial charge is 0.354 e. The van der Waals surface area contributed by atoms with Gasteiger partial charge in [0.25, 0.3) is 0 Å². The molecule has 1 unspecified atom stereocenters. The van der Waals surface area contributed by atoms with E-state index in [0.717, 1.165) is 4.90 Å². The molecule has 1 aromatic carbocycles. The van der Waals surface area contributed by atoms with E-state index in [0.29, 0.717) is 12.1 Å². The first-order valence-electron chi connectivity index (χ1n) is 8.14. The first-order chi connectivity index (χ1) is 12.3. The average Bonchev–Trinajstić information content (AvgIpc) is 2.86. The second kappa shape index (κ2) is 7.40. The van der Waals surface area contributed by atoms with E-state index in [9.17, 15) is 35.9 Å². The number of likely N-dealkylation sites (tertiary alicyclic amines) is 1. The van der Waals surface area contributed by atoms with Crippen molar-refractivity contribution in [2.75, 3.05) is 6.54 Å². The van der Waals surface area contributed by atoms with E-state index >= 15 is 0 Å². The number of benzene rings is 1. The Hall–Kier alpha value is -2.26. The summed E-state index contributed by atoms with van der Waals surface area (Å²) in [4.78, 5) is 25.1. The van der Waals surface area contributed by atoms with Crippen molar-refractivity contribution < 1.29 is 35.9 Å². The van der Waals surface area contributed by atoms with Crippen LogP contribution in [0, 0.1) is 5.92 Å². The maximum absolute atomic E-state index is 12.9. The molecule has 0 spiro atoms. The van der Waals surface area contributed by atoms with Gasteiger partial charge in [-0.05, 0) is 37.6 Å². The molecule has 4 nitrogen and oxygen atoms in total. The number of carbonyl (C=O) groups is 2. The Kier molecular flexibility index (Phi) is 5.77. The van der Waals surface area contributed by atoms with Crippen LogP contribution in [0.4, 0.5) is 26.3 Å². The van der Waals surface area contributed by atoms with Crippen LogP contribution in [0.25, 0.3) is 0 Å². The summed E-state index contributed by atoms with van der Waals surface area (Å²) in [6.45, 7) is 2.97. The molecule has 2 amide bonds. The molecule has 150 valence electrons. The molecule has 10 heteroatoms. The molecule has 1 heterocycles. The third-order valence-corrected chi connectivity index (χ3v) is 4.04. The Morgan fingerprint density at radius 2 is 1.63 bits per heavy atom. The van der Waals surface area contributed by atoms with Gasteiger partial charge in [0.15, 0.2) is 0 Å². The number of alkyl halides is 6. The van der Waals surface area contributed by atoms with Gasteiger partial charge in [-0.2, -0.15) is 26.3 Å². The standard InChI is InChI=1S/C17H18F6N2O2/c1-9(2)24-15(27)11-5-14(26)25(8-11)7-10-3-12(16(18,19)20)6-13(4-10)17(21,22)23/h3-4,6,9,11H,5,7-8H2,1-2H3,(H,24,27). The third kappa shape index (κ3) is 5.36. The van der Waals surface area contributed by atoms with Crippen LogP contribution >= 0.6 is 0 Å². The number of halogens is 6. The summed E-state index contributed by atoms with van der Waals surface area (Å²) in [6, 6.07) is 1.06. The fraction of sp³-hybridized carbons (Fsp3) is 0.529. The Morgan fingerprint density at radius 1 is 1.11 bits per heavy atom. The van der Waals surface area contributed by atoms with Crippen LogP contribution in [-0.2, 0) is 28.5 Å². The Balaban J connectivity index is 2.24. The van der Waals surface area contributed by atoms with Crippen LogP contribution in [0.5, 0.6) is 0 Å². The fourth-order valence-corrected chi connectivity index (χ4v) is 2.83. The topological polar surface area (TPSA) is 49.4 Å². The van der Waals surface area contributed by atoms with Crippen molar-refractivity contribution in [2.24, 2.45) is 5.92 Å². The highest BCUT2D eigenvalue weighted by Gasteiger charge is 2.38. The van der Waals surface area contributed by atoms with E-state index in [2.05, 4.69) is 5.32 Å². The van der Waals surface area contributed by atoms with Crippen molar-refractivity contribution in [3.05, 3.63) is 34.9 Å². The summed E-state index contributed by atoms with van der Waals surface area (Å²) in [7, 11) is 0. The number of carbonyl (C=O) groups excluding carboxylic acids is 2. The molecule has 0 aliphatic carbocycles. The van der Waals surface area contributed by atoms with Gasteiger partial charge in [-0.1, -0.05) is 0 Å². The lowest BCUT2D eigenvalue weighted by atomic mass is 10.0. The first kappa shape index (κ1) is 21.0. The van der Waals surface area contributed by atoms with Gasteiger partial charge in [0.2, 0.25) is 11.8 Å². The minimum Gasteiger partial charge on any atom is -0.354 e. The molecular formula is C17H18F6N2O2. The van der Waals surface area contributed by atoms with Crippen LogP contribution < -0.4 is 5.32 Å². The molecule has 1 fully saturated rings. The number of nitrogens with one attached hydrogen (secondary N) is 1. The average molecular weight is 396 g/mol. The van der Waals surface area contributed by atoms with E-state index in [1.54, 1.807) is 13.8 Å². The van der Waals surface area contributed by atoms with Crippen molar-refractivity contribution in [1.82, 2.24) is 10.2 Å². The molecule has 2 rings (SSSR count). The van der Waals surface area contributed by atoms with Crippen molar-refractivity contribution in [3.63, 3.8) is 0 Å².